The molecule has 2 N–H and O–H groups in total. The molecule has 0 fully saturated rings. The molecule has 0 saturated carbocycles. The third kappa shape index (κ3) is 2.64. The Morgan fingerprint density at radius 3 is 2.50 bits per heavy atom. The van der Waals surface area contributed by atoms with E-state index in [1.54, 1.807) is 6.92 Å². The van der Waals surface area contributed by atoms with E-state index < -0.39 is 17.9 Å². The summed E-state index contributed by atoms with van der Waals surface area (Å²) in [5.41, 5.74) is -0.0675. The maximum Gasteiger partial charge on any atom is 0.337 e. The number of carbonyl (C=O) groups is 2. The van der Waals surface area contributed by atoms with E-state index in [1.807, 2.05) is 0 Å². The number of carbonyl (C=O) groups excluding carboxylic acids is 1. The summed E-state index contributed by atoms with van der Waals surface area (Å²) in [5.74, 6) is -2.53. The van der Waals surface area contributed by atoms with E-state index in [-0.39, 0.29) is 23.3 Å². The lowest BCUT2D eigenvalue weighted by Gasteiger charge is -2.07. The van der Waals surface area contributed by atoms with Crippen molar-refractivity contribution in [3.8, 4) is 0 Å². The Balaban J connectivity index is 3.17. The van der Waals surface area contributed by atoms with Gasteiger partial charge in [0.2, 0.25) is 0 Å². The van der Waals surface area contributed by atoms with Crippen LogP contribution in [0, 0.1) is 5.82 Å². The average Bonchev–Trinajstić information content (AvgIpc) is 2.25. The molecule has 0 spiro atoms. The smallest absolute Gasteiger partial charge is 0.337 e. The van der Waals surface area contributed by atoms with E-state index in [2.05, 4.69) is 0 Å². The summed E-state index contributed by atoms with van der Waals surface area (Å²) in [4.78, 5) is 21.8. The molecule has 4 nitrogen and oxygen atoms in total. The number of carboxylic acid groups (broad SMARTS) is 1. The van der Waals surface area contributed by atoms with Crippen LogP contribution in [0.5, 0.6) is 0 Å². The van der Waals surface area contributed by atoms with Crippen molar-refractivity contribution in [1.82, 2.24) is 0 Å². The molecule has 0 aliphatic rings. The Morgan fingerprint density at radius 2 is 2.00 bits per heavy atom. The van der Waals surface area contributed by atoms with Gasteiger partial charge in [-0.3, -0.25) is 4.79 Å². The van der Waals surface area contributed by atoms with Crippen LogP contribution in [0.15, 0.2) is 18.2 Å². The molecule has 0 radical (unpaired) electrons. The number of rotatable bonds is 4. The predicted molar refractivity (Wildman–Crippen MR) is 53.6 cm³/mol. The first-order valence-electron chi connectivity index (χ1n) is 4.70. The van der Waals surface area contributed by atoms with Crippen molar-refractivity contribution < 1.29 is 24.2 Å². The number of hydrogen-bond acceptors (Lipinski definition) is 3. The molecule has 0 aromatic heterocycles. The van der Waals surface area contributed by atoms with E-state index in [0.717, 1.165) is 12.1 Å². The molecule has 0 aliphatic heterocycles. The number of Topliss-reactive ketones (excluding diaryl/α,β-unsaturated/α-hetero) is 1. The van der Waals surface area contributed by atoms with Crippen molar-refractivity contribution >= 4 is 11.8 Å². The predicted octanol–water partition coefficient (Wildman–Crippen LogP) is 1.54. The van der Waals surface area contributed by atoms with Crippen LogP contribution < -0.4 is 0 Å². The van der Waals surface area contributed by atoms with Crippen LogP contribution >= 0.6 is 0 Å². The highest BCUT2D eigenvalue weighted by Crippen LogP contribution is 2.18. The Morgan fingerprint density at radius 1 is 1.38 bits per heavy atom. The van der Waals surface area contributed by atoms with Gasteiger partial charge in [-0.05, 0) is 23.8 Å². The van der Waals surface area contributed by atoms with Gasteiger partial charge in [0.05, 0.1) is 0 Å². The number of benzene rings is 1. The molecule has 1 aromatic rings. The summed E-state index contributed by atoms with van der Waals surface area (Å²) in [6.45, 7) is 1.61. The van der Waals surface area contributed by atoms with E-state index in [1.165, 1.54) is 6.07 Å². The number of aliphatic carboxylic acids is 1. The fourth-order valence-electron chi connectivity index (χ4n) is 1.28. The van der Waals surface area contributed by atoms with Gasteiger partial charge in [0, 0.05) is 12.0 Å². The molecule has 0 bridgehead atoms. The summed E-state index contributed by atoms with van der Waals surface area (Å²) >= 11 is 0. The SMILES string of the molecule is CCC(=O)c1cc(F)cc(C(O)C(=O)O)c1. The summed E-state index contributed by atoms with van der Waals surface area (Å²) in [5, 5.41) is 17.8. The second kappa shape index (κ2) is 4.85. The van der Waals surface area contributed by atoms with Crippen LogP contribution in [0.2, 0.25) is 0 Å². The highest BCUT2D eigenvalue weighted by Gasteiger charge is 2.18. The van der Waals surface area contributed by atoms with Crippen molar-refractivity contribution in [3.63, 3.8) is 0 Å². The van der Waals surface area contributed by atoms with Gasteiger partial charge in [-0.2, -0.15) is 0 Å². The number of ketones is 1. The van der Waals surface area contributed by atoms with Crippen LogP contribution in [0.4, 0.5) is 4.39 Å². The molecule has 0 amide bonds. The van der Waals surface area contributed by atoms with Gasteiger partial charge in [-0.15, -0.1) is 0 Å². The van der Waals surface area contributed by atoms with Crippen molar-refractivity contribution in [1.29, 1.82) is 0 Å². The molecule has 1 unspecified atom stereocenters. The van der Waals surface area contributed by atoms with E-state index in [0.29, 0.717) is 0 Å². The maximum absolute atomic E-state index is 13.1. The van der Waals surface area contributed by atoms with Crippen LogP contribution in [-0.2, 0) is 4.79 Å². The van der Waals surface area contributed by atoms with Crippen LogP contribution in [0.25, 0.3) is 0 Å². The summed E-state index contributed by atoms with van der Waals surface area (Å²) in [7, 11) is 0. The van der Waals surface area contributed by atoms with Gasteiger partial charge >= 0.3 is 5.97 Å². The van der Waals surface area contributed by atoms with Crippen LogP contribution in [0.1, 0.15) is 35.4 Å². The van der Waals surface area contributed by atoms with Gasteiger partial charge in [0.1, 0.15) is 5.82 Å². The number of carboxylic acids is 1. The molecule has 16 heavy (non-hydrogen) atoms. The molecule has 1 aromatic carbocycles. The molecular weight excluding hydrogens is 215 g/mol. The number of aliphatic hydroxyl groups is 1. The van der Waals surface area contributed by atoms with E-state index >= 15 is 0 Å². The first kappa shape index (κ1) is 12.3. The fraction of sp³-hybridized carbons (Fsp3) is 0.273. The normalized spacial score (nSPS) is 12.2. The first-order valence-corrected chi connectivity index (χ1v) is 4.70. The standard InChI is InChI=1S/C11H11FO4/c1-2-9(13)6-3-7(5-8(12)4-6)10(14)11(15)16/h3-5,10,14H,2H2,1H3,(H,15,16). The lowest BCUT2D eigenvalue weighted by molar-refractivity contribution is -0.146. The third-order valence-corrected chi connectivity index (χ3v) is 2.11. The quantitative estimate of drug-likeness (QED) is 0.763. The van der Waals surface area contributed by atoms with E-state index in [4.69, 9.17) is 5.11 Å². The van der Waals surface area contributed by atoms with Gasteiger partial charge in [0.15, 0.2) is 11.9 Å². The zero-order chi connectivity index (χ0) is 12.3. The molecule has 1 atom stereocenters. The monoisotopic (exact) mass is 226 g/mol. The zero-order valence-corrected chi connectivity index (χ0v) is 8.61. The van der Waals surface area contributed by atoms with Gasteiger partial charge < -0.3 is 10.2 Å². The lowest BCUT2D eigenvalue weighted by Crippen LogP contribution is -2.12. The van der Waals surface area contributed by atoms with Crippen LogP contribution in [-0.4, -0.2) is 22.0 Å². The minimum Gasteiger partial charge on any atom is -0.479 e. The van der Waals surface area contributed by atoms with Gasteiger partial charge in [0.25, 0.3) is 0 Å². The number of hydrogen-bond donors (Lipinski definition) is 2. The molecule has 1 rings (SSSR count). The van der Waals surface area contributed by atoms with Crippen molar-refractivity contribution in [2.24, 2.45) is 0 Å². The molecule has 86 valence electrons. The Hall–Kier alpha value is -1.75. The second-order valence-electron chi connectivity index (χ2n) is 3.29. The Bertz CT molecular complexity index is 428. The highest BCUT2D eigenvalue weighted by atomic mass is 19.1. The van der Waals surface area contributed by atoms with Gasteiger partial charge in [-0.1, -0.05) is 6.92 Å². The molecular formula is C11H11FO4. The second-order valence-corrected chi connectivity index (χ2v) is 3.29. The Labute approximate surface area is 91.3 Å². The molecule has 0 saturated heterocycles. The molecule has 0 heterocycles. The van der Waals surface area contributed by atoms with Crippen molar-refractivity contribution in [2.45, 2.75) is 19.4 Å². The maximum atomic E-state index is 13.1. The third-order valence-electron chi connectivity index (χ3n) is 2.11. The summed E-state index contributed by atoms with van der Waals surface area (Å²) in [6, 6.07) is 3.10. The van der Waals surface area contributed by atoms with Crippen LogP contribution in [0.3, 0.4) is 0 Å². The molecule has 5 heteroatoms. The Kier molecular flexibility index (Phi) is 3.73. The largest absolute Gasteiger partial charge is 0.479 e. The average molecular weight is 226 g/mol. The topological polar surface area (TPSA) is 74.6 Å². The highest BCUT2D eigenvalue weighted by molar-refractivity contribution is 5.96. The lowest BCUT2D eigenvalue weighted by atomic mass is 10.0. The zero-order valence-electron chi connectivity index (χ0n) is 8.61. The van der Waals surface area contributed by atoms with Gasteiger partial charge in [-0.25, -0.2) is 9.18 Å². The summed E-state index contributed by atoms with van der Waals surface area (Å²) in [6.07, 6.45) is -1.63. The molecule has 0 aliphatic carbocycles. The fourth-order valence-corrected chi connectivity index (χ4v) is 1.28. The minimum absolute atomic E-state index is 0.0674. The number of aliphatic hydroxyl groups excluding tert-OH is 1. The van der Waals surface area contributed by atoms with E-state index in [9.17, 15) is 19.1 Å². The first-order chi connectivity index (χ1) is 7.45. The van der Waals surface area contributed by atoms with Crippen molar-refractivity contribution in [3.05, 3.63) is 35.1 Å². The van der Waals surface area contributed by atoms with Crippen molar-refractivity contribution in [2.75, 3.05) is 0 Å². The minimum atomic E-state index is -1.82. The number of halogens is 1. The summed E-state index contributed by atoms with van der Waals surface area (Å²) < 4.78 is 13.1.